The van der Waals surface area contributed by atoms with Crippen LogP contribution in [0.2, 0.25) is 5.02 Å². The van der Waals surface area contributed by atoms with E-state index in [2.05, 4.69) is 11.1 Å². The summed E-state index contributed by atoms with van der Waals surface area (Å²) < 4.78 is 7.81. The molecule has 0 spiro atoms. The van der Waals surface area contributed by atoms with Crippen molar-refractivity contribution in [2.24, 2.45) is 13.0 Å². The second-order valence-electron chi connectivity index (χ2n) is 6.58. The van der Waals surface area contributed by atoms with E-state index in [4.69, 9.17) is 16.3 Å². The summed E-state index contributed by atoms with van der Waals surface area (Å²) in [5.74, 6) is 1.15. The smallest absolute Gasteiger partial charge is 0.159 e. The highest BCUT2D eigenvalue weighted by atomic mass is 35.5. The van der Waals surface area contributed by atoms with Gasteiger partial charge in [-0.3, -0.25) is 4.79 Å². The first-order valence-corrected chi connectivity index (χ1v) is 8.43. The normalized spacial score (nSPS) is 18.4. The summed E-state index contributed by atoms with van der Waals surface area (Å²) in [6, 6.07) is 5.77. The highest BCUT2D eigenvalue weighted by molar-refractivity contribution is 6.31. The Morgan fingerprint density at radius 3 is 2.71 bits per heavy atom. The molecular formula is C20H22ClNO2. The minimum absolute atomic E-state index is 0.183. The molecule has 0 radical (unpaired) electrons. The third-order valence-corrected chi connectivity index (χ3v) is 5.29. The van der Waals surface area contributed by atoms with E-state index in [1.54, 1.807) is 7.11 Å². The van der Waals surface area contributed by atoms with E-state index in [1.807, 2.05) is 39.1 Å². The lowest BCUT2D eigenvalue weighted by atomic mass is 9.79. The van der Waals surface area contributed by atoms with Gasteiger partial charge in [0, 0.05) is 23.9 Å². The molecule has 0 amide bonds. The maximum atomic E-state index is 12.5. The molecule has 3 nitrogen and oxygen atoms in total. The molecule has 0 aliphatic heterocycles. The van der Waals surface area contributed by atoms with E-state index in [-0.39, 0.29) is 11.7 Å². The van der Waals surface area contributed by atoms with Crippen molar-refractivity contribution in [2.45, 2.75) is 26.7 Å². The van der Waals surface area contributed by atoms with E-state index in [0.717, 1.165) is 45.5 Å². The molecule has 2 aromatic rings. The Labute approximate surface area is 147 Å². The molecule has 1 aromatic heterocycles. The van der Waals surface area contributed by atoms with Crippen molar-refractivity contribution >= 4 is 33.9 Å². The second-order valence-corrected chi connectivity index (χ2v) is 7.02. The number of benzene rings is 1. The molecule has 24 heavy (non-hydrogen) atoms. The Bertz CT molecular complexity index is 889. The van der Waals surface area contributed by atoms with Gasteiger partial charge in [-0.2, -0.15) is 0 Å². The first-order valence-electron chi connectivity index (χ1n) is 8.05. The number of ether oxygens (including phenoxy) is 1. The molecule has 1 atom stereocenters. The lowest BCUT2D eigenvalue weighted by molar-refractivity contribution is -0.116. The quantitative estimate of drug-likeness (QED) is 0.720. The Morgan fingerprint density at radius 2 is 2.08 bits per heavy atom. The van der Waals surface area contributed by atoms with Crippen LogP contribution in [0.1, 0.15) is 32.4 Å². The number of allylic oxidation sites excluding steroid dienone is 3. The van der Waals surface area contributed by atoms with Gasteiger partial charge in [0.25, 0.3) is 0 Å². The van der Waals surface area contributed by atoms with Crippen LogP contribution < -0.4 is 4.74 Å². The van der Waals surface area contributed by atoms with Gasteiger partial charge in [-0.15, -0.1) is 0 Å². The number of fused-ring (bicyclic) bond motifs is 1. The molecular weight excluding hydrogens is 322 g/mol. The molecule has 0 saturated heterocycles. The van der Waals surface area contributed by atoms with Gasteiger partial charge >= 0.3 is 0 Å². The first kappa shape index (κ1) is 16.8. The Balaban J connectivity index is 2.28. The highest BCUT2D eigenvalue weighted by Crippen LogP contribution is 2.44. The molecule has 1 aliphatic carbocycles. The minimum atomic E-state index is 0.183. The largest absolute Gasteiger partial charge is 0.494 e. The number of aromatic nitrogens is 1. The fourth-order valence-electron chi connectivity index (χ4n) is 3.57. The van der Waals surface area contributed by atoms with Gasteiger partial charge in [0.05, 0.1) is 18.3 Å². The van der Waals surface area contributed by atoms with Crippen molar-refractivity contribution in [1.82, 2.24) is 4.57 Å². The zero-order chi connectivity index (χ0) is 17.6. The zero-order valence-electron chi connectivity index (χ0n) is 14.6. The number of rotatable bonds is 3. The lowest BCUT2D eigenvalue weighted by Gasteiger charge is -2.26. The summed E-state index contributed by atoms with van der Waals surface area (Å²) >= 11 is 6.17. The number of halogens is 1. The van der Waals surface area contributed by atoms with Gasteiger partial charge in [-0.1, -0.05) is 23.8 Å². The Hall–Kier alpha value is -2.00. The average molecular weight is 344 g/mol. The molecule has 0 N–H and O–H groups in total. The molecule has 1 unspecified atom stereocenters. The van der Waals surface area contributed by atoms with Crippen LogP contribution in [0.15, 0.2) is 35.9 Å². The van der Waals surface area contributed by atoms with Crippen LogP contribution in [0.25, 0.3) is 16.5 Å². The van der Waals surface area contributed by atoms with Crippen LogP contribution in [0.3, 0.4) is 0 Å². The van der Waals surface area contributed by atoms with Crippen LogP contribution in [0, 0.1) is 5.92 Å². The number of hydrogen-bond acceptors (Lipinski definition) is 2. The Morgan fingerprint density at radius 1 is 1.38 bits per heavy atom. The summed E-state index contributed by atoms with van der Waals surface area (Å²) in [5.41, 5.74) is 4.92. The van der Waals surface area contributed by atoms with Gasteiger partial charge < -0.3 is 9.30 Å². The van der Waals surface area contributed by atoms with E-state index in [0.29, 0.717) is 11.4 Å². The van der Waals surface area contributed by atoms with Gasteiger partial charge in [-0.25, -0.2) is 0 Å². The van der Waals surface area contributed by atoms with Crippen LogP contribution >= 0.6 is 11.6 Å². The van der Waals surface area contributed by atoms with Gasteiger partial charge in [-0.05, 0) is 55.5 Å². The van der Waals surface area contributed by atoms with Crippen molar-refractivity contribution < 1.29 is 9.53 Å². The van der Waals surface area contributed by atoms with Gasteiger partial charge in [0.1, 0.15) is 0 Å². The number of carbonyl (C=O) groups excluding carboxylic acids is 1. The van der Waals surface area contributed by atoms with E-state index >= 15 is 0 Å². The van der Waals surface area contributed by atoms with Crippen LogP contribution in [-0.2, 0) is 11.8 Å². The summed E-state index contributed by atoms with van der Waals surface area (Å²) in [4.78, 5) is 12.5. The predicted molar refractivity (Wildman–Crippen MR) is 99.6 cm³/mol. The number of ketones is 1. The van der Waals surface area contributed by atoms with Crippen molar-refractivity contribution in [3.8, 4) is 5.75 Å². The van der Waals surface area contributed by atoms with Gasteiger partial charge in [0.2, 0.25) is 0 Å². The van der Waals surface area contributed by atoms with E-state index in [1.165, 1.54) is 0 Å². The molecule has 3 rings (SSSR count). The van der Waals surface area contributed by atoms with Crippen molar-refractivity contribution in [3.05, 3.63) is 46.6 Å². The molecule has 1 aliphatic rings. The maximum absolute atomic E-state index is 12.5. The molecule has 0 bridgehead atoms. The number of aryl methyl sites for hydroxylation is 1. The van der Waals surface area contributed by atoms with Crippen molar-refractivity contribution in [3.63, 3.8) is 0 Å². The van der Waals surface area contributed by atoms with Crippen molar-refractivity contribution in [1.29, 1.82) is 0 Å². The molecule has 0 saturated carbocycles. The number of hydrogen-bond donors (Lipinski definition) is 0. The van der Waals surface area contributed by atoms with Crippen LogP contribution in [0.4, 0.5) is 0 Å². The van der Waals surface area contributed by atoms with E-state index in [9.17, 15) is 4.79 Å². The SMILES string of the molecule is C=C(C)C1CC(=O)C(C)=C(c2c(OC)c3cc(Cl)ccc3n2C)C1. The lowest BCUT2D eigenvalue weighted by Crippen LogP contribution is -2.19. The number of Topliss-reactive ketones (excluding diaryl/α,β-unsaturated/α-hetero) is 1. The van der Waals surface area contributed by atoms with Gasteiger partial charge in [0.15, 0.2) is 11.5 Å². The summed E-state index contributed by atoms with van der Waals surface area (Å²) in [5, 5.41) is 1.64. The standard InChI is InChI=1S/C20H22ClNO2/c1-11(2)13-8-15(12(3)18(23)9-13)19-20(24-5)16-10-14(21)6-7-17(16)22(19)4/h6-7,10,13H,1,8-9H2,2-5H3. The topological polar surface area (TPSA) is 31.2 Å². The summed E-state index contributed by atoms with van der Waals surface area (Å²) in [7, 11) is 3.67. The van der Waals surface area contributed by atoms with Crippen LogP contribution in [0.5, 0.6) is 5.75 Å². The molecule has 126 valence electrons. The third-order valence-electron chi connectivity index (χ3n) is 5.06. The van der Waals surface area contributed by atoms with Crippen LogP contribution in [-0.4, -0.2) is 17.5 Å². The Kier molecular flexibility index (Phi) is 4.31. The third kappa shape index (κ3) is 2.57. The number of nitrogens with zero attached hydrogens (tertiary/aromatic N) is 1. The summed E-state index contributed by atoms with van der Waals surface area (Å²) in [6.45, 7) is 7.96. The zero-order valence-corrected chi connectivity index (χ0v) is 15.3. The maximum Gasteiger partial charge on any atom is 0.159 e. The molecule has 1 aromatic carbocycles. The minimum Gasteiger partial charge on any atom is -0.494 e. The average Bonchev–Trinajstić information content (AvgIpc) is 2.81. The fraction of sp³-hybridized carbons (Fsp3) is 0.350. The number of carbonyl (C=O) groups is 1. The second kappa shape index (κ2) is 6.14. The fourth-order valence-corrected chi connectivity index (χ4v) is 3.74. The first-order chi connectivity index (χ1) is 11.3. The number of methoxy groups -OCH3 is 1. The predicted octanol–water partition coefficient (Wildman–Crippen LogP) is 5.17. The molecule has 0 fully saturated rings. The molecule has 4 heteroatoms. The monoisotopic (exact) mass is 343 g/mol. The highest BCUT2D eigenvalue weighted by Gasteiger charge is 2.30. The van der Waals surface area contributed by atoms with Crippen molar-refractivity contribution in [2.75, 3.05) is 7.11 Å². The van der Waals surface area contributed by atoms with E-state index < -0.39 is 0 Å². The summed E-state index contributed by atoms with van der Waals surface area (Å²) in [6.07, 6.45) is 1.35. The molecule has 1 heterocycles.